The fourth-order valence-corrected chi connectivity index (χ4v) is 2.01. The van der Waals surface area contributed by atoms with E-state index in [1.54, 1.807) is 0 Å². The van der Waals surface area contributed by atoms with Gasteiger partial charge >= 0.3 is 17.1 Å². The van der Waals surface area contributed by atoms with Gasteiger partial charge in [0.2, 0.25) is 0 Å². The molecule has 0 saturated heterocycles. The Morgan fingerprint density at radius 1 is 0.727 bits per heavy atom. The Labute approximate surface area is 125 Å². The smallest absolute Gasteiger partial charge is 0.336 e. The van der Waals surface area contributed by atoms with Crippen LogP contribution in [-0.4, -0.2) is 43.7 Å². The number of hydrogen-bond donors (Lipinski definition) is 2. The van der Waals surface area contributed by atoms with Gasteiger partial charge < -0.3 is 10.2 Å². The normalized spacial score (nSPS) is 10.8. The number of nitroso groups, excluding NO2 is 1. The van der Waals surface area contributed by atoms with Crippen LogP contribution in [0.4, 0.5) is 0 Å². The second-order valence-electron chi connectivity index (χ2n) is 4.66. The van der Waals surface area contributed by atoms with Crippen molar-refractivity contribution >= 4 is 0 Å². The standard InChI is InChI=1S/C12H20N4O6/c17-8-2-6-15-10(19)14(5-1-4-13-22)11(20)16(12(15)21)7-3-9-18/h17-18H,1-9H2. The number of rotatable bonds is 10. The molecule has 0 radical (unpaired) electrons. The SMILES string of the molecule is O=NCCCn1c(=O)n(CCCO)c(=O)n(CCCO)c1=O. The Balaban J connectivity index is 3.34. The number of aliphatic hydroxyl groups is 2. The van der Waals surface area contributed by atoms with Gasteiger partial charge in [-0.05, 0) is 19.3 Å². The molecule has 0 aliphatic carbocycles. The maximum Gasteiger partial charge on any atom is 0.336 e. The molecule has 10 nitrogen and oxygen atoms in total. The topological polar surface area (TPSA) is 136 Å². The molecular formula is C12H20N4O6. The minimum Gasteiger partial charge on any atom is -0.396 e. The molecule has 22 heavy (non-hydrogen) atoms. The predicted molar refractivity (Wildman–Crippen MR) is 77.9 cm³/mol. The molecule has 0 aliphatic heterocycles. The van der Waals surface area contributed by atoms with Crippen LogP contribution in [0.1, 0.15) is 19.3 Å². The van der Waals surface area contributed by atoms with Crippen molar-refractivity contribution in [2.24, 2.45) is 5.18 Å². The van der Waals surface area contributed by atoms with Crippen molar-refractivity contribution in [3.63, 3.8) is 0 Å². The molecule has 0 saturated carbocycles. The lowest BCUT2D eigenvalue weighted by Crippen LogP contribution is -2.54. The van der Waals surface area contributed by atoms with Crippen LogP contribution in [0, 0.1) is 4.91 Å². The first kappa shape index (κ1) is 18.0. The molecule has 0 fully saturated rings. The van der Waals surface area contributed by atoms with Gasteiger partial charge in [-0.1, -0.05) is 5.18 Å². The summed E-state index contributed by atoms with van der Waals surface area (Å²) in [7, 11) is 0. The highest BCUT2D eigenvalue weighted by Gasteiger charge is 2.14. The van der Waals surface area contributed by atoms with Gasteiger partial charge in [0.05, 0.1) is 6.54 Å². The van der Waals surface area contributed by atoms with Gasteiger partial charge in [-0.15, -0.1) is 0 Å². The quantitative estimate of drug-likeness (QED) is 0.382. The third-order valence-electron chi connectivity index (χ3n) is 3.10. The van der Waals surface area contributed by atoms with E-state index in [0.717, 1.165) is 13.7 Å². The van der Waals surface area contributed by atoms with Gasteiger partial charge in [0.1, 0.15) is 0 Å². The van der Waals surface area contributed by atoms with Gasteiger partial charge in [0.25, 0.3) is 0 Å². The van der Waals surface area contributed by atoms with Crippen LogP contribution >= 0.6 is 0 Å². The zero-order valence-corrected chi connectivity index (χ0v) is 12.2. The van der Waals surface area contributed by atoms with Crippen molar-refractivity contribution in [3.8, 4) is 0 Å². The first-order valence-electron chi connectivity index (χ1n) is 7.03. The molecule has 0 atom stereocenters. The molecule has 1 aromatic heterocycles. The molecule has 0 bridgehead atoms. The maximum atomic E-state index is 12.2. The Bertz CT molecular complexity index is 613. The van der Waals surface area contributed by atoms with E-state index < -0.39 is 17.1 Å². The van der Waals surface area contributed by atoms with Gasteiger partial charge in [-0.2, -0.15) is 4.91 Å². The molecule has 0 amide bonds. The van der Waals surface area contributed by atoms with Crippen LogP contribution in [0.15, 0.2) is 19.6 Å². The molecule has 1 rings (SSSR count). The first-order chi connectivity index (χ1) is 10.6. The Kier molecular flexibility index (Phi) is 7.40. The molecule has 124 valence electrons. The highest BCUT2D eigenvalue weighted by Crippen LogP contribution is 1.87. The summed E-state index contributed by atoms with van der Waals surface area (Å²) in [4.78, 5) is 46.7. The van der Waals surface area contributed by atoms with Gasteiger partial charge in [-0.3, -0.25) is 0 Å². The highest BCUT2D eigenvalue weighted by atomic mass is 16.3. The van der Waals surface area contributed by atoms with Crippen molar-refractivity contribution in [2.75, 3.05) is 19.8 Å². The number of aromatic nitrogens is 3. The van der Waals surface area contributed by atoms with Crippen LogP contribution in [0.5, 0.6) is 0 Å². The van der Waals surface area contributed by atoms with E-state index >= 15 is 0 Å². The van der Waals surface area contributed by atoms with Crippen LogP contribution in [0.25, 0.3) is 0 Å². The van der Waals surface area contributed by atoms with Gasteiger partial charge in [0, 0.05) is 32.8 Å². The van der Waals surface area contributed by atoms with Gasteiger partial charge in [-0.25, -0.2) is 28.1 Å². The zero-order valence-electron chi connectivity index (χ0n) is 12.2. The summed E-state index contributed by atoms with van der Waals surface area (Å²) >= 11 is 0. The number of aliphatic hydroxyl groups excluding tert-OH is 2. The average molecular weight is 316 g/mol. The van der Waals surface area contributed by atoms with E-state index in [9.17, 15) is 19.3 Å². The third-order valence-corrected chi connectivity index (χ3v) is 3.10. The summed E-state index contributed by atoms with van der Waals surface area (Å²) in [6, 6.07) is 0. The summed E-state index contributed by atoms with van der Waals surface area (Å²) in [5.41, 5.74) is -2.30. The summed E-state index contributed by atoms with van der Waals surface area (Å²) in [5.74, 6) is 0. The summed E-state index contributed by atoms with van der Waals surface area (Å²) in [5, 5.41) is 20.4. The Morgan fingerprint density at radius 3 is 1.41 bits per heavy atom. The summed E-state index contributed by atoms with van der Waals surface area (Å²) < 4.78 is 2.63. The zero-order chi connectivity index (χ0) is 16.5. The van der Waals surface area contributed by atoms with Gasteiger partial charge in [0.15, 0.2) is 0 Å². The third kappa shape index (κ3) is 4.21. The van der Waals surface area contributed by atoms with E-state index in [1.165, 1.54) is 0 Å². The Hall–Kier alpha value is -2.07. The summed E-state index contributed by atoms with van der Waals surface area (Å²) in [6.07, 6.45) is 0.601. The molecule has 0 aliphatic rings. The van der Waals surface area contributed by atoms with Crippen molar-refractivity contribution in [1.82, 2.24) is 13.7 Å². The fraction of sp³-hybridized carbons (Fsp3) is 0.750. The lowest BCUT2D eigenvalue weighted by molar-refractivity contribution is 0.268. The minimum absolute atomic E-state index is 0.0144. The molecule has 10 heteroatoms. The van der Waals surface area contributed by atoms with E-state index in [4.69, 9.17) is 10.2 Å². The Morgan fingerprint density at radius 2 is 1.09 bits per heavy atom. The van der Waals surface area contributed by atoms with Crippen LogP contribution in [0.3, 0.4) is 0 Å². The molecule has 1 heterocycles. The van der Waals surface area contributed by atoms with Crippen molar-refractivity contribution in [1.29, 1.82) is 0 Å². The predicted octanol–water partition coefficient (Wildman–Crippen LogP) is -1.91. The fourth-order valence-electron chi connectivity index (χ4n) is 2.01. The second-order valence-corrected chi connectivity index (χ2v) is 4.66. The van der Waals surface area contributed by atoms with Crippen molar-refractivity contribution in [3.05, 3.63) is 36.4 Å². The minimum atomic E-state index is -0.769. The lowest BCUT2D eigenvalue weighted by Gasteiger charge is -2.13. The lowest BCUT2D eigenvalue weighted by atomic mass is 10.4. The van der Waals surface area contributed by atoms with E-state index in [0.29, 0.717) is 0 Å². The number of hydrogen-bond acceptors (Lipinski definition) is 7. The molecule has 0 spiro atoms. The molecule has 2 N–H and O–H groups in total. The summed E-state index contributed by atoms with van der Waals surface area (Å²) in [6.45, 7) is -0.493. The molecule has 1 aromatic rings. The average Bonchev–Trinajstić information content (AvgIpc) is 2.50. The van der Waals surface area contributed by atoms with Crippen molar-refractivity contribution < 1.29 is 10.2 Å². The van der Waals surface area contributed by atoms with Crippen LogP contribution < -0.4 is 17.1 Å². The van der Waals surface area contributed by atoms with Crippen LogP contribution in [0.2, 0.25) is 0 Å². The molecule has 0 aromatic carbocycles. The largest absolute Gasteiger partial charge is 0.396 e. The molecule has 0 unspecified atom stereocenters. The maximum absolute atomic E-state index is 12.2. The first-order valence-corrected chi connectivity index (χ1v) is 7.03. The van der Waals surface area contributed by atoms with E-state index in [1.807, 2.05) is 0 Å². The van der Waals surface area contributed by atoms with E-state index in [-0.39, 0.29) is 58.7 Å². The van der Waals surface area contributed by atoms with Crippen LogP contribution in [-0.2, 0) is 19.6 Å². The number of nitrogens with zero attached hydrogens (tertiary/aromatic N) is 4. The van der Waals surface area contributed by atoms with E-state index in [2.05, 4.69) is 5.18 Å². The molecular weight excluding hydrogens is 296 g/mol. The van der Waals surface area contributed by atoms with Crippen molar-refractivity contribution in [2.45, 2.75) is 38.9 Å². The monoisotopic (exact) mass is 316 g/mol. The highest BCUT2D eigenvalue weighted by molar-refractivity contribution is 4.79. The second kappa shape index (κ2) is 9.05.